The van der Waals surface area contributed by atoms with Gasteiger partial charge in [-0.15, -0.1) is 5.10 Å². The molecule has 0 aliphatic rings. The van der Waals surface area contributed by atoms with Crippen molar-refractivity contribution >= 4 is 0 Å². The van der Waals surface area contributed by atoms with E-state index in [2.05, 4.69) is 15.2 Å². The molecule has 1 rings (SSSR count). The van der Waals surface area contributed by atoms with Crippen molar-refractivity contribution in [3.05, 3.63) is 11.9 Å². The third-order valence-corrected chi connectivity index (χ3v) is 2.84. The number of hydrogen-bond acceptors (Lipinski definition) is 6. The predicted molar refractivity (Wildman–Crippen MR) is 77.3 cm³/mol. The van der Waals surface area contributed by atoms with E-state index < -0.39 is 0 Å². The lowest BCUT2D eigenvalue weighted by Gasteiger charge is -2.20. The Balaban J connectivity index is 2.43. The van der Waals surface area contributed by atoms with Crippen LogP contribution >= 0.6 is 0 Å². The van der Waals surface area contributed by atoms with Gasteiger partial charge in [-0.25, -0.2) is 0 Å². The SMILES string of the molecule is CCOCCN(CCOCC)Cc1cn(CCN)nn1. The van der Waals surface area contributed by atoms with Crippen molar-refractivity contribution < 1.29 is 9.47 Å². The van der Waals surface area contributed by atoms with Crippen LogP contribution in [0.4, 0.5) is 0 Å². The van der Waals surface area contributed by atoms with E-state index in [1.165, 1.54) is 0 Å². The highest BCUT2D eigenvalue weighted by atomic mass is 16.5. The van der Waals surface area contributed by atoms with Gasteiger partial charge in [-0.2, -0.15) is 0 Å². The molecule has 0 amide bonds. The maximum absolute atomic E-state index is 5.50. The van der Waals surface area contributed by atoms with Gasteiger partial charge in [-0.05, 0) is 13.8 Å². The molecule has 0 aliphatic heterocycles. The van der Waals surface area contributed by atoms with Crippen molar-refractivity contribution in [2.75, 3.05) is 46.1 Å². The van der Waals surface area contributed by atoms with Crippen LogP contribution in [0.3, 0.4) is 0 Å². The smallest absolute Gasteiger partial charge is 0.0967 e. The number of nitrogens with zero attached hydrogens (tertiary/aromatic N) is 4. The molecule has 1 aromatic heterocycles. The van der Waals surface area contributed by atoms with Crippen molar-refractivity contribution in [3.8, 4) is 0 Å². The molecule has 0 spiro atoms. The lowest BCUT2D eigenvalue weighted by atomic mass is 10.4. The minimum atomic E-state index is 0.571. The summed E-state index contributed by atoms with van der Waals surface area (Å²) in [6, 6.07) is 0. The Labute approximate surface area is 121 Å². The molecule has 20 heavy (non-hydrogen) atoms. The fourth-order valence-corrected chi connectivity index (χ4v) is 1.83. The van der Waals surface area contributed by atoms with Crippen LogP contribution in [0.1, 0.15) is 19.5 Å². The summed E-state index contributed by atoms with van der Waals surface area (Å²) < 4.78 is 12.6. The van der Waals surface area contributed by atoms with Gasteiger partial charge in [0.05, 0.1) is 25.5 Å². The van der Waals surface area contributed by atoms with Crippen LogP contribution in [0.25, 0.3) is 0 Å². The van der Waals surface area contributed by atoms with Crippen LogP contribution in [-0.4, -0.2) is 66.0 Å². The molecule has 7 nitrogen and oxygen atoms in total. The Morgan fingerprint density at radius 3 is 2.40 bits per heavy atom. The van der Waals surface area contributed by atoms with Gasteiger partial charge in [0.25, 0.3) is 0 Å². The molecule has 0 saturated heterocycles. The molecule has 0 atom stereocenters. The topological polar surface area (TPSA) is 78.4 Å². The summed E-state index contributed by atoms with van der Waals surface area (Å²) >= 11 is 0. The quantitative estimate of drug-likeness (QED) is 0.549. The Kier molecular flexibility index (Phi) is 9.14. The van der Waals surface area contributed by atoms with Crippen molar-refractivity contribution in [2.24, 2.45) is 5.73 Å². The molecule has 1 heterocycles. The number of aromatic nitrogens is 3. The van der Waals surface area contributed by atoms with Crippen LogP contribution in [0.5, 0.6) is 0 Å². The summed E-state index contributed by atoms with van der Waals surface area (Å²) in [5, 5.41) is 8.21. The maximum Gasteiger partial charge on any atom is 0.0967 e. The van der Waals surface area contributed by atoms with Crippen molar-refractivity contribution in [1.29, 1.82) is 0 Å². The molecule has 2 N–H and O–H groups in total. The highest BCUT2D eigenvalue weighted by Crippen LogP contribution is 2.01. The second-order valence-corrected chi connectivity index (χ2v) is 4.43. The summed E-state index contributed by atoms with van der Waals surface area (Å²) in [5.41, 5.74) is 6.45. The Hall–Kier alpha value is -1.02. The fourth-order valence-electron chi connectivity index (χ4n) is 1.83. The van der Waals surface area contributed by atoms with Crippen LogP contribution in [-0.2, 0) is 22.6 Å². The first kappa shape index (κ1) is 17.0. The Bertz CT molecular complexity index is 335. The Morgan fingerprint density at radius 1 is 1.20 bits per heavy atom. The second-order valence-electron chi connectivity index (χ2n) is 4.43. The van der Waals surface area contributed by atoms with E-state index in [-0.39, 0.29) is 0 Å². The molecule has 0 aromatic carbocycles. The summed E-state index contributed by atoms with van der Waals surface area (Å²) in [4.78, 5) is 2.27. The Morgan fingerprint density at radius 2 is 1.85 bits per heavy atom. The largest absolute Gasteiger partial charge is 0.380 e. The zero-order valence-electron chi connectivity index (χ0n) is 12.6. The number of nitrogens with two attached hydrogens (primary N) is 1. The number of hydrogen-bond donors (Lipinski definition) is 1. The highest BCUT2D eigenvalue weighted by Gasteiger charge is 2.09. The summed E-state index contributed by atoms with van der Waals surface area (Å²) in [6.07, 6.45) is 1.95. The standard InChI is InChI=1S/C13H27N5O2/c1-3-19-9-7-17(8-10-20-4-2)11-13-12-18(6-5-14)16-15-13/h12H,3-11,14H2,1-2H3. The van der Waals surface area contributed by atoms with E-state index in [0.717, 1.165) is 51.8 Å². The van der Waals surface area contributed by atoms with Crippen LogP contribution in [0.15, 0.2) is 6.20 Å². The number of ether oxygens (including phenoxy) is 2. The first-order chi connectivity index (χ1) is 9.80. The first-order valence-electron chi connectivity index (χ1n) is 7.27. The molecule has 7 heteroatoms. The molecule has 0 unspecified atom stereocenters. The predicted octanol–water partition coefficient (Wildman–Crippen LogP) is 0.112. The van der Waals surface area contributed by atoms with E-state index in [9.17, 15) is 0 Å². The first-order valence-corrected chi connectivity index (χ1v) is 7.27. The molecule has 0 fully saturated rings. The third kappa shape index (κ3) is 6.95. The molecule has 1 aromatic rings. The molecule has 0 aliphatic carbocycles. The van der Waals surface area contributed by atoms with Crippen molar-refractivity contribution in [2.45, 2.75) is 26.9 Å². The lowest BCUT2D eigenvalue weighted by molar-refractivity contribution is 0.0792. The molecular weight excluding hydrogens is 258 g/mol. The van der Waals surface area contributed by atoms with Crippen molar-refractivity contribution in [3.63, 3.8) is 0 Å². The highest BCUT2D eigenvalue weighted by molar-refractivity contribution is 4.92. The van der Waals surface area contributed by atoms with Gasteiger partial charge < -0.3 is 15.2 Å². The minimum absolute atomic E-state index is 0.571. The molecule has 0 radical (unpaired) electrons. The van der Waals surface area contributed by atoms with E-state index in [0.29, 0.717) is 13.1 Å². The normalized spacial score (nSPS) is 11.4. The van der Waals surface area contributed by atoms with Gasteiger partial charge in [0.15, 0.2) is 0 Å². The van der Waals surface area contributed by atoms with Gasteiger partial charge in [-0.1, -0.05) is 5.21 Å². The minimum Gasteiger partial charge on any atom is -0.380 e. The molecule has 0 bridgehead atoms. The van der Waals surface area contributed by atoms with Gasteiger partial charge in [0.1, 0.15) is 0 Å². The van der Waals surface area contributed by atoms with Crippen LogP contribution in [0.2, 0.25) is 0 Å². The molecule has 0 saturated carbocycles. The number of rotatable bonds is 12. The van der Waals surface area contributed by atoms with E-state index in [1.807, 2.05) is 20.0 Å². The zero-order chi connectivity index (χ0) is 14.6. The monoisotopic (exact) mass is 285 g/mol. The summed E-state index contributed by atoms with van der Waals surface area (Å²) in [6.45, 7) is 10.7. The van der Waals surface area contributed by atoms with E-state index in [4.69, 9.17) is 15.2 Å². The maximum atomic E-state index is 5.50. The van der Waals surface area contributed by atoms with Gasteiger partial charge in [0.2, 0.25) is 0 Å². The lowest BCUT2D eigenvalue weighted by Crippen LogP contribution is -2.31. The average Bonchev–Trinajstić information content (AvgIpc) is 2.87. The molecule has 116 valence electrons. The van der Waals surface area contributed by atoms with Crippen LogP contribution in [0, 0.1) is 0 Å². The van der Waals surface area contributed by atoms with E-state index in [1.54, 1.807) is 4.68 Å². The fraction of sp³-hybridized carbons (Fsp3) is 0.846. The average molecular weight is 285 g/mol. The molecular formula is C13H27N5O2. The van der Waals surface area contributed by atoms with Crippen molar-refractivity contribution in [1.82, 2.24) is 19.9 Å². The van der Waals surface area contributed by atoms with E-state index >= 15 is 0 Å². The van der Waals surface area contributed by atoms with Gasteiger partial charge >= 0.3 is 0 Å². The zero-order valence-corrected chi connectivity index (χ0v) is 12.6. The van der Waals surface area contributed by atoms with Gasteiger partial charge in [0, 0.05) is 45.6 Å². The third-order valence-electron chi connectivity index (χ3n) is 2.84. The van der Waals surface area contributed by atoms with Crippen LogP contribution < -0.4 is 5.73 Å². The summed E-state index contributed by atoms with van der Waals surface area (Å²) in [7, 11) is 0. The summed E-state index contributed by atoms with van der Waals surface area (Å²) in [5.74, 6) is 0. The van der Waals surface area contributed by atoms with Gasteiger partial charge in [-0.3, -0.25) is 9.58 Å². The second kappa shape index (κ2) is 10.7.